The first-order valence-corrected chi connectivity index (χ1v) is 10.1. The molecule has 1 atom stereocenters. The third kappa shape index (κ3) is 4.32. The standard InChI is InChI=1S/C22H19ClF4N2O5/c1-10-15-11(18(30)34-29-10)7-8-14(17(15)28)33-19(31)21(32,22(25,26)27)9-20(2,3)12-5-4-6-13(24)16(12)23/h4-8,32H,9,28H2,1-3H3. The van der Waals surface area contributed by atoms with Crippen molar-refractivity contribution in [2.45, 2.75) is 44.4 Å². The van der Waals surface area contributed by atoms with Crippen molar-refractivity contribution >= 4 is 34.0 Å². The van der Waals surface area contributed by atoms with Crippen LogP contribution < -0.4 is 16.1 Å². The van der Waals surface area contributed by atoms with Gasteiger partial charge in [0.1, 0.15) is 5.82 Å². The highest BCUT2D eigenvalue weighted by Crippen LogP contribution is 2.44. The number of carbonyl (C=O) groups is 1. The van der Waals surface area contributed by atoms with E-state index in [9.17, 15) is 32.3 Å². The largest absolute Gasteiger partial charge is 0.428 e. The number of alkyl halides is 3. The van der Waals surface area contributed by atoms with E-state index in [1.807, 2.05) is 0 Å². The second-order valence-electron chi connectivity index (χ2n) is 8.36. The van der Waals surface area contributed by atoms with Gasteiger partial charge in [-0.25, -0.2) is 14.0 Å². The van der Waals surface area contributed by atoms with Crippen molar-refractivity contribution in [1.29, 1.82) is 0 Å². The Kier molecular flexibility index (Phi) is 6.40. The fourth-order valence-electron chi connectivity index (χ4n) is 3.69. The third-order valence-electron chi connectivity index (χ3n) is 5.44. The van der Waals surface area contributed by atoms with Gasteiger partial charge in [-0.3, -0.25) is 0 Å². The molecule has 0 radical (unpaired) electrons. The number of anilines is 1. The Morgan fingerprint density at radius 3 is 2.50 bits per heavy atom. The van der Waals surface area contributed by atoms with Gasteiger partial charge in [-0.15, -0.1) is 0 Å². The zero-order valence-electron chi connectivity index (χ0n) is 18.1. The molecule has 7 nitrogen and oxygen atoms in total. The van der Waals surface area contributed by atoms with Gasteiger partial charge in [0.25, 0.3) is 5.60 Å². The van der Waals surface area contributed by atoms with Crippen LogP contribution in [0.2, 0.25) is 5.02 Å². The summed E-state index contributed by atoms with van der Waals surface area (Å²) >= 11 is 5.92. The highest BCUT2D eigenvalue weighted by Gasteiger charge is 2.63. The molecule has 0 aliphatic rings. The van der Waals surface area contributed by atoms with E-state index in [1.54, 1.807) is 0 Å². The quantitative estimate of drug-likeness (QED) is 0.229. The number of nitrogens with zero attached hydrogens (tertiary/aromatic N) is 1. The monoisotopic (exact) mass is 502 g/mol. The molecule has 182 valence electrons. The summed E-state index contributed by atoms with van der Waals surface area (Å²) in [5, 5.41) is 13.6. The Bertz CT molecular complexity index is 1340. The summed E-state index contributed by atoms with van der Waals surface area (Å²) in [6.45, 7) is 3.94. The Morgan fingerprint density at radius 2 is 1.88 bits per heavy atom. The number of aromatic nitrogens is 1. The van der Waals surface area contributed by atoms with Gasteiger partial charge in [0.15, 0.2) is 5.75 Å². The minimum atomic E-state index is -5.48. The number of aliphatic hydroxyl groups is 1. The predicted octanol–water partition coefficient (Wildman–Crippen LogP) is 4.44. The normalized spacial score (nSPS) is 14.1. The number of nitrogens with two attached hydrogens (primary N) is 1. The van der Waals surface area contributed by atoms with Crippen molar-refractivity contribution in [3.8, 4) is 5.75 Å². The van der Waals surface area contributed by atoms with Crippen LogP contribution in [-0.4, -0.2) is 28.0 Å². The fraction of sp³-hybridized carbons (Fsp3) is 0.318. The summed E-state index contributed by atoms with van der Waals surface area (Å²) in [6.07, 6.45) is -6.73. The van der Waals surface area contributed by atoms with Crippen LogP contribution in [0.25, 0.3) is 10.8 Å². The number of nitrogen functional groups attached to an aromatic ring is 1. The first-order chi connectivity index (χ1) is 15.6. The van der Waals surface area contributed by atoms with Crippen molar-refractivity contribution < 1.29 is 36.7 Å². The highest BCUT2D eigenvalue weighted by molar-refractivity contribution is 6.31. The number of fused-ring (bicyclic) bond motifs is 1. The lowest BCUT2D eigenvalue weighted by atomic mass is 9.74. The summed E-state index contributed by atoms with van der Waals surface area (Å²) in [6, 6.07) is 5.68. The number of rotatable bonds is 5. The van der Waals surface area contributed by atoms with Gasteiger partial charge >= 0.3 is 17.8 Å². The first-order valence-electron chi connectivity index (χ1n) is 9.75. The molecule has 2 aromatic carbocycles. The van der Waals surface area contributed by atoms with E-state index < -0.39 is 51.8 Å². The Balaban J connectivity index is 2.04. The molecule has 1 aromatic heterocycles. The van der Waals surface area contributed by atoms with E-state index in [4.69, 9.17) is 22.1 Å². The van der Waals surface area contributed by atoms with Crippen LogP contribution in [0.5, 0.6) is 5.75 Å². The van der Waals surface area contributed by atoms with Crippen LogP contribution >= 0.6 is 11.6 Å². The smallest absolute Gasteiger partial charge is 0.422 e. The van der Waals surface area contributed by atoms with E-state index >= 15 is 0 Å². The van der Waals surface area contributed by atoms with Crippen molar-refractivity contribution in [3.63, 3.8) is 0 Å². The minimum absolute atomic E-state index is 0.0176. The second kappa shape index (κ2) is 8.55. The Labute approximate surface area is 195 Å². The molecule has 0 aliphatic heterocycles. The molecule has 0 saturated carbocycles. The maximum atomic E-state index is 14.0. The van der Waals surface area contributed by atoms with Crippen LogP contribution in [-0.2, 0) is 10.2 Å². The van der Waals surface area contributed by atoms with Gasteiger partial charge in [0.2, 0.25) is 0 Å². The number of hydrogen-bond acceptors (Lipinski definition) is 7. The maximum absolute atomic E-state index is 14.0. The third-order valence-corrected chi connectivity index (χ3v) is 5.82. The lowest BCUT2D eigenvalue weighted by Gasteiger charge is -2.36. The van der Waals surface area contributed by atoms with Crippen LogP contribution in [0.15, 0.2) is 39.6 Å². The number of aryl methyl sites for hydroxylation is 1. The van der Waals surface area contributed by atoms with Crippen LogP contribution in [0.3, 0.4) is 0 Å². The molecule has 0 spiro atoms. The molecule has 12 heteroatoms. The van der Waals surface area contributed by atoms with Gasteiger partial charge in [0, 0.05) is 11.8 Å². The predicted molar refractivity (Wildman–Crippen MR) is 115 cm³/mol. The Hall–Kier alpha value is -3.18. The molecular weight excluding hydrogens is 484 g/mol. The Morgan fingerprint density at radius 1 is 1.24 bits per heavy atom. The summed E-state index contributed by atoms with van der Waals surface area (Å²) < 4.78 is 65.3. The number of esters is 1. The van der Waals surface area contributed by atoms with E-state index in [0.717, 1.165) is 18.2 Å². The van der Waals surface area contributed by atoms with Gasteiger partial charge in [-0.1, -0.05) is 42.7 Å². The fourth-order valence-corrected chi connectivity index (χ4v) is 4.07. The van der Waals surface area contributed by atoms with Crippen molar-refractivity contribution in [3.05, 3.63) is 62.8 Å². The lowest BCUT2D eigenvalue weighted by Crippen LogP contribution is -2.56. The van der Waals surface area contributed by atoms with Crippen LogP contribution in [0.4, 0.5) is 23.2 Å². The molecule has 1 heterocycles. The zero-order chi connectivity index (χ0) is 25.6. The number of ether oxygens (including phenoxy) is 1. The molecule has 0 aliphatic carbocycles. The minimum Gasteiger partial charge on any atom is -0.422 e. The molecule has 0 amide bonds. The average molecular weight is 503 g/mol. The van der Waals surface area contributed by atoms with Crippen molar-refractivity contribution in [2.75, 3.05) is 5.73 Å². The number of carbonyl (C=O) groups excluding carboxylic acids is 1. The van der Waals surface area contributed by atoms with Gasteiger partial charge in [-0.05, 0) is 36.1 Å². The summed E-state index contributed by atoms with van der Waals surface area (Å²) in [5.74, 6) is -3.47. The average Bonchev–Trinajstić information content (AvgIpc) is 2.72. The van der Waals surface area contributed by atoms with E-state index in [2.05, 4.69) is 9.68 Å². The zero-order valence-corrected chi connectivity index (χ0v) is 18.8. The topological polar surface area (TPSA) is 116 Å². The van der Waals surface area contributed by atoms with Gasteiger partial charge in [-0.2, -0.15) is 13.2 Å². The highest BCUT2D eigenvalue weighted by atomic mass is 35.5. The lowest BCUT2D eigenvalue weighted by molar-refractivity contribution is -0.264. The number of benzene rings is 2. The second-order valence-corrected chi connectivity index (χ2v) is 8.74. The molecule has 0 bridgehead atoms. The first kappa shape index (κ1) is 25.4. The maximum Gasteiger partial charge on any atom is 0.428 e. The van der Waals surface area contributed by atoms with Crippen molar-refractivity contribution in [2.24, 2.45) is 0 Å². The number of halogens is 5. The molecule has 3 rings (SSSR count). The molecule has 0 fully saturated rings. The number of hydrogen-bond donors (Lipinski definition) is 2. The molecule has 0 saturated heterocycles. The SMILES string of the molecule is Cc1noc(=O)c2ccc(OC(=O)C(O)(CC(C)(C)c3cccc(F)c3Cl)C(F)(F)F)c(N)c12. The van der Waals surface area contributed by atoms with E-state index in [0.29, 0.717) is 0 Å². The van der Waals surface area contributed by atoms with Gasteiger partial charge in [0.05, 0.1) is 21.8 Å². The molecular formula is C22H19ClF4N2O5. The molecule has 1 unspecified atom stereocenters. The summed E-state index contributed by atoms with van der Waals surface area (Å²) in [7, 11) is 0. The van der Waals surface area contributed by atoms with Gasteiger partial charge < -0.3 is 20.1 Å². The molecule has 3 aromatic rings. The summed E-state index contributed by atoms with van der Waals surface area (Å²) in [4.78, 5) is 24.6. The summed E-state index contributed by atoms with van der Waals surface area (Å²) in [5.41, 5.74) is -0.853. The van der Waals surface area contributed by atoms with E-state index in [1.165, 1.54) is 32.9 Å². The molecule has 34 heavy (non-hydrogen) atoms. The van der Waals surface area contributed by atoms with E-state index in [-0.39, 0.29) is 27.7 Å². The van der Waals surface area contributed by atoms with Crippen LogP contribution in [0, 0.1) is 12.7 Å². The van der Waals surface area contributed by atoms with Crippen molar-refractivity contribution in [1.82, 2.24) is 5.16 Å². The van der Waals surface area contributed by atoms with Crippen LogP contribution in [0.1, 0.15) is 31.5 Å². The molecule has 3 N–H and O–H groups in total.